The molecule has 0 amide bonds. The van der Waals surface area contributed by atoms with Crippen molar-refractivity contribution in [2.24, 2.45) is 0 Å². The minimum absolute atomic E-state index is 0.388. The van der Waals surface area contributed by atoms with Crippen LogP contribution in [0.4, 0.5) is 0 Å². The van der Waals surface area contributed by atoms with Gasteiger partial charge in [-0.3, -0.25) is 4.79 Å². The fraction of sp³-hybridized carbons (Fsp3) is 0.462. The molecule has 1 aromatic carbocycles. The maximum Gasteiger partial charge on any atom is 0.133 e. The summed E-state index contributed by atoms with van der Waals surface area (Å²) in [6.07, 6.45) is 4.78. The Balaban J connectivity index is 2.18. The number of halogens is 1. The van der Waals surface area contributed by atoms with Gasteiger partial charge in [-0.1, -0.05) is 30.2 Å². The van der Waals surface area contributed by atoms with Crippen LogP contribution in [0.5, 0.6) is 0 Å². The summed E-state index contributed by atoms with van der Waals surface area (Å²) in [5.74, 6) is 0.788. The van der Waals surface area contributed by atoms with E-state index in [0.717, 1.165) is 30.7 Å². The van der Waals surface area contributed by atoms with E-state index in [1.807, 2.05) is 18.2 Å². The molecule has 1 fully saturated rings. The molecule has 15 heavy (non-hydrogen) atoms. The van der Waals surface area contributed by atoms with Crippen LogP contribution in [0.3, 0.4) is 0 Å². The molecule has 2 heteroatoms. The summed E-state index contributed by atoms with van der Waals surface area (Å²) in [5, 5.41) is 0.768. The molecule has 80 valence electrons. The maximum atomic E-state index is 11.5. The number of carbonyl (C=O) groups excluding carboxylic acids is 1. The number of carbonyl (C=O) groups is 1. The van der Waals surface area contributed by atoms with Gasteiger partial charge in [0, 0.05) is 17.9 Å². The average Bonchev–Trinajstić information content (AvgIpc) is 2.43. The van der Waals surface area contributed by atoms with Gasteiger partial charge in [0.1, 0.15) is 5.78 Å². The Morgan fingerprint density at radius 3 is 2.93 bits per heavy atom. The third-order valence-electron chi connectivity index (χ3n) is 3.05. The van der Waals surface area contributed by atoms with E-state index < -0.39 is 0 Å². The smallest absolute Gasteiger partial charge is 0.133 e. The predicted octanol–water partition coefficient (Wildman–Crippen LogP) is 3.96. The molecule has 0 spiro atoms. The molecular formula is C13H15ClO. The lowest BCUT2D eigenvalue weighted by molar-refractivity contribution is -0.119. The van der Waals surface area contributed by atoms with E-state index in [1.54, 1.807) is 0 Å². The van der Waals surface area contributed by atoms with Crippen molar-refractivity contribution in [3.8, 4) is 0 Å². The van der Waals surface area contributed by atoms with Crippen LogP contribution in [-0.2, 0) is 4.79 Å². The summed E-state index contributed by atoms with van der Waals surface area (Å²) in [5.41, 5.74) is 1.22. The summed E-state index contributed by atoms with van der Waals surface area (Å²) in [7, 11) is 0. The lowest BCUT2D eigenvalue weighted by Gasteiger charge is -2.13. The van der Waals surface area contributed by atoms with Gasteiger partial charge in [0.05, 0.1) is 0 Å². The van der Waals surface area contributed by atoms with E-state index in [9.17, 15) is 4.79 Å². The van der Waals surface area contributed by atoms with Crippen LogP contribution in [-0.4, -0.2) is 5.78 Å². The summed E-state index contributed by atoms with van der Waals surface area (Å²) in [6, 6.07) is 7.91. The molecule has 1 atom stereocenters. The first-order valence-corrected chi connectivity index (χ1v) is 5.90. The van der Waals surface area contributed by atoms with Crippen molar-refractivity contribution in [1.29, 1.82) is 0 Å². The first-order chi connectivity index (χ1) is 7.25. The van der Waals surface area contributed by atoms with E-state index in [1.165, 1.54) is 5.56 Å². The fourth-order valence-electron chi connectivity index (χ4n) is 2.24. The number of hydrogen-bond donors (Lipinski definition) is 0. The van der Waals surface area contributed by atoms with Crippen molar-refractivity contribution >= 4 is 17.4 Å². The third-order valence-corrected chi connectivity index (χ3v) is 3.29. The van der Waals surface area contributed by atoms with E-state index in [2.05, 4.69) is 6.07 Å². The van der Waals surface area contributed by atoms with Crippen LogP contribution < -0.4 is 0 Å². The van der Waals surface area contributed by atoms with E-state index in [0.29, 0.717) is 18.1 Å². The molecule has 1 saturated carbocycles. The zero-order valence-electron chi connectivity index (χ0n) is 8.71. The lowest BCUT2D eigenvalue weighted by atomic mass is 9.92. The molecule has 1 unspecified atom stereocenters. The maximum absolute atomic E-state index is 11.5. The van der Waals surface area contributed by atoms with Gasteiger partial charge in [-0.05, 0) is 36.5 Å². The quantitative estimate of drug-likeness (QED) is 0.658. The number of rotatable bonds is 1. The van der Waals surface area contributed by atoms with E-state index >= 15 is 0 Å². The normalized spacial score (nSPS) is 22.5. The molecule has 1 aliphatic rings. The van der Waals surface area contributed by atoms with Gasteiger partial charge in [0.2, 0.25) is 0 Å². The van der Waals surface area contributed by atoms with Crippen molar-refractivity contribution in [2.75, 3.05) is 0 Å². The van der Waals surface area contributed by atoms with Crippen LogP contribution in [0.15, 0.2) is 24.3 Å². The third kappa shape index (κ3) is 2.82. The van der Waals surface area contributed by atoms with Crippen LogP contribution in [0.2, 0.25) is 5.02 Å². The molecule has 0 radical (unpaired) electrons. The highest BCUT2D eigenvalue weighted by molar-refractivity contribution is 6.30. The highest BCUT2D eigenvalue weighted by Gasteiger charge is 2.19. The predicted molar refractivity (Wildman–Crippen MR) is 62.3 cm³/mol. The van der Waals surface area contributed by atoms with Crippen LogP contribution >= 0.6 is 11.6 Å². The number of ketones is 1. The molecule has 0 saturated heterocycles. The molecule has 0 aromatic heterocycles. The van der Waals surface area contributed by atoms with Crippen molar-refractivity contribution in [3.05, 3.63) is 34.9 Å². The molecule has 0 N–H and O–H groups in total. The van der Waals surface area contributed by atoms with Crippen LogP contribution in [0, 0.1) is 0 Å². The number of benzene rings is 1. The molecule has 0 heterocycles. The van der Waals surface area contributed by atoms with Crippen LogP contribution in [0.1, 0.15) is 43.6 Å². The first kappa shape index (κ1) is 10.7. The van der Waals surface area contributed by atoms with E-state index in [-0.39, 0.29) is 0 Å². The Labute approximate surface area is 95.4 Å². The van der Waals surface area contributed by atoms with Gasteiger partial charge in [-0.25, -0.2) is 0 Å². The van der Waals surface area contributed by atoms with Gasteiger partial charge < -0.3 is 0 Å². The van der Waals surface area contributed by atoms with Crippen molar-refractivity contribution in [1.82, 2.24) is 0 Å². The second-order valence-corrected chi connectivity index (χ2v) is 4.68. The molecule has 1 aliphatic carbocycles. The average molecular weight is 223 g/mol. The number of hydrogen-bond acceptors (Lipinski definition) is 1. The largest absolute Gasteiger partial charge is 0.300 e. The zero-order valence-corrected chi connectivity index (χ0v) is 9.46. The van der Waals surface area contributed by atoms with Crippen molar-refractivity contribution in [3.63, 3.8) is 0 Å². The van der Waals surface area contributed by atoms with Crippen molar-refractivity contribution in [2.45, 2.75) is 38.0 Å². The Morgan fingerprint density at radius 1 is 1.27 bits per heavy atom. The topological polar surface area (TPSA) is 17.1 Å². The van der Waals surface area contributed by atoms with E-state index in [4.69, 9.17) is 11.6 Å². The number of Topliss-reactive ketones (excluding diaryl/α,β-unsaturated/α-hetero) is 1. The molecule has 2 rings (SSSR count). The molecular weight excluding hydrogens is 208 g/mol. The summed E-state index contributed by atoms with van der Waals surface area (Å²) < 4.78 is 0. The standard InChI is InChI=1S/C13H15ClO/c14-12-6-3-5-10(8-12)11-4-1-2-7-13(15)9-11/h3,5-6,8,11H,1-2,4,7,9H2. The molecule has 0 aliphatic heterocycles. The van der Waals surface area contributed by atoms with Gasteiger partial charge in [0.15, 0.2) is 0 Å². The zero-order chi connectivity index (χ0) is 10.7. The van der Waals surface area contributed by atoms with Gasteiger partial charge >= 0.3 is 0 Å². The molecule has 0 bridgehead atoms. The highest BCUT2D eigenvalue weighted by Crippen LogP contribution is 2.31. The Bertz CT molecular complexity index is 359. The second kappa shape index (κ2) is 4.80. The van der Waals surface area contributed by atoms with Gasteiger partial charge in [-0.15, -0.1) is 0 Å². The minimum atomic E-state index is 0.388. The SMILES string of the molecule is O=C1CCCCC(c2cccc(Cl)c2)C1. The summed E-state index contributed by atoms with van der Waals surface area (Å²) in [6.45, 7) is 0. The molecule has 1 nitrogen and oxygen atoms in total. The summed E-state index contributed by atoms with van der Waals surface area (Å²) >= 11 is 5.96. The van der Waals surface area contributed by atoms with Crippen LogP contribution in [0.25, 0.3) is 0 Å². The van der Waals surface area contributed by atoms with Gasteiger partial charge in [-0.2, -0.15) is 0 Å². The monoisotopic (exact) mass is 222 g/mol. The van der Waals surface area contributed by atoms with Gasteiger partial charge in [0.25, 0.3) is 0 Å². The lowest BCUT2D eigenvalue weighted by Crippen LogP contribution is -2.03. The Kier molecular flexibility index (Phi) is 3.42. The second-order valence-electron chi connectivity index (χ2n) is 4.24. The molecule has 1 aromatic rings. The Hall–Kier alpha value is -0.820. The fourth-order valence-corrected chi connectivity index (χ4v) is 2.44. The first-order valence-electron chi connectivity index (χ1n) is 5.53. The minimum Gasteiger partial charge on any atom is -0.300 e. The summed E-state index contributed by atoms with van der Waals surface area (Å²) in [4.78, 5) is 11.5. The Morgan fingerprint density at radius 2 is 2.13 bits per heavy atom. The highest BCUT2D eigenvalue weighted by atomic mass is 35.5. The van der Waals surface area contributed by atoms with Crippen molar-refractivity contribution < 1.29 is 4.79 Å².